The van der Waals surface area contributed by atoms with E-state index in [0.717, 1.165) is 24.8 Å². The van der Waals surface area contributed by atoms with E-state index in [0.29, 0.717) is 13.0 Å². The minimum Gasteiger partial charge on any atom is -0.355 e. The summed E-state index contributed by atoms with van der Waals surface area (Å²) >= 11 is 0. The highest BCUT2D eigenvalue weighted by Gasteiger charge is 2.24. The molecule has 0 aromatic heterocycles. The Bertz CT molecular complexity index is 811. The van der Waals surface area contributed by atoms with Gasteiger partial charge in [-0.15, -0.1) is 0 Å². The van der Waals surface area contributed by atoms with Crippen molar-refractivity contribution in [2.75, 3.05) is 18.8 Å². The smallest absolute Gasteiger partial charge is 0.238 e. The van der Waals surface area contributed by atoms with E-state index in [1.807, 2.05) is 48.5 Å². The number of hydrogen-bond acceptors (Lipinski definition) is 4. The van der Waals surface area contributed by atoms with Gasteiger partial charge in [0.05, 0.1) is 5.75 Å². The van der Waals surface area contributed by atoms with E-state index < -0.39 is 16.1 Å². The molecule has 2 aromatic carbocycles. The van der Waals surface area contributed by atoms with Crippen molar-refractivity contribution in [2.45, 2.75) is 31.7 Å². The van der Waals surface area contributed by atoms with Crippen molar-refractivity contribution in [1.82, 2.24) is 10.0 Å². The molecule has 6 nitrogen and oxygen atoms in total. The summed E-state index contributed by atoms with van der Waals surface area (Å²) in [6.45, 7) is 0.518. The topological polar surface area (TPSA) is 101 Å². The number of carbonyl (C=O) groups is 1. The zero-order chi connectivity index (χ0) is 20.2. The first-order chi connectivity index (χ1) is 13.5. The van der Waals surface area contributed by atoms with Crippen LogP contribution in [0, 0.1) is 0 Å². The third kappa shape index (κ3) is 8.21. The number of nitrogens with two attached hydrogens (primary N) is 1. The van der Waals surface area contributed by atoms with Crippen LogP contribution in [0.2, 0.25) is 0 Å². The molecule has 0 spiro atoms. The summed E-state index contributed by atoms with van der Waals surface area (Å²) in [4.78, 5) is 12.6. The molecule has 0 saturated heterocycles. The highest BCUT2D eigenvalue weighted by molar-refractivity contribution is 7.89. The van der Waals surface area contributed by atoms with Gasteiger partial charge in [-0.25, -0.2) is 13.1 Å². The molecule has 0 saturated carbocycles. The average Bonchev–Trinajstić information content (AvgIpc) is 2.68. The van der Waals surface area contributed by atoms with Gasteiger partial charge in [-0.3, -0.25) is 4.79 Å². The van der Waals surface area contributed by atoms with E-state index in [-0.39, 0.29) is 18.2 Å². The third-order valence-corrected chi connectivity index (χ3v) is 5.76. The van der Waals surface area contributed by atoms with Crippen LogP contribution in [0.3, 0.4) is 0 Å². The number of rotatable bonds is 12. The van der Waals surface area contributed by atoms with Crippen molar-refractivity contribution in [3.8, 4) is 0 Å². The van der Waals surface area contributed by atoms with Crippen LogP contribution >= 0.6 is 0 Å². The number of aryl methyl sites for hydroxylation is 1. The largest absolute Gasteiger partial charge is 0.355 e. The molecule has 1 atom stereocenters. The van der Waals surface area contributed by atoms with Gasteiger partial charge in [-0.1, -0.05) is 60.7 Å². The summed E-state index contributed by atoms with van der Waals surface area (Å²) in [6.07, 6.45) is 3.02. The molecule has 4 N–H and O–H groups in total. The second-order valence-corrected chi connectivity index (χ2v) is 8.57. The molecule has 0 radical (unpaired) electrons. The normalized spacial score (nSPS) is 12.5. The van der Waals surface area contributed by atoms with Crippen LogP contribution in [0.1, 0.15) is 24.0 Å². The second-order valence-electron chi connectivity index (χ2n) is 6.70. The minimum atomic E-state index is -3.60. The zero-order valence-electron chi connectivity index (χ0n) is 16.0. The Hall–Kier alpha value is -2.22. The summed E-state index contributed by atoms with van der Waals surface area (Å²) in [6, 6.07) is 18.7. The summed E-state index contributed by atoms with van der Waals surface area (Å²) < 4.78 is 26.7. The van der Waals surface area contributed by atoms with E-state index in [4.69, 9.17) is 5.73 Å². The maximum atomic E-state index is 12.6. The standard InChI is InChI=1S/C21H29N3O3S/c22-14-16-28(26,27)24-20(17-19-12-5-2-6-13-19)21(25)23-15-8-7-11-18-9-3-1-4-10-18/h1-6,9-10,12-13,20,24H,7-8,11,14-17,22H2,(H,23,25)/t20-/m0/s1. The highest BCUT2D eigenvalue weighted by atomic mass is 32.2. The summed E-state index contributed by atoms with van der Waals surface area (Å²) in [7, 11) is -3.60. The quantitative estimate of drug-likeness (QED) is 0.469. The molecule has 0 heterocycles. The van der Waals surface area contributed by atoms with Crippen LogP contribution < -0.4 is 15.8 Å². The van der Waals surface area contributed by atoms with Gasteiger partial charge >= 0.3 is 0 Å². The molecule has 0 aliphatic heterocycles. The lowest BCUT2D eigenvalue weighted by atomic mass is 10.1. The maximum absolute atomic E-state index is 12.6. The van der Waals surface area contributed by atoms with Gasteiger partial charge in [0.2, 0.25) is 15.9 Å². The summed E-state index contributed by atoms with van der Waals surface area (Å²) in [5.74, 6) is -0.521. The molecule has 2 rings (SSSR count). The average molecular weight is 404 g/mol. The number of carbonyl (C=O) groups excluding carboxylic acids is 1. The van der Waals surface area contributed by atoms with Gasteiger partial charge in [0, 0.05) is 13.1 Å². The van der Waals surface area contributed by atoms with Crippen molar-refractivity contribution in [2.24, 2.45) is 5.73 Å². The van der Waals surface area contributed by atoms with Gasteiger partial charge in [-0.2, -0.15) is 0 Å². The molecule has 1 amide bonds. The molecular formula is C21H29N3O3S. The Morgan fingerprint density at radius 3 is 2.14 bits per heavy atom. The molecule has 28 heavy (non-hydrogen) atoms. The fourth-order valence-corrected chi connectivity index (χ4v) is 3.95. The predicted octanol–water partition coefficient (Wildman–Crippen LogP) is 1.61. The molecule has 0 unspecified atom stereocenters. The number of hydrogen-bond donors (Lipinski definition) is 3. The fourth-order valence-electron chi connectivity index (χ4n) is 2.90. The van der Waals surface area contributed by atoms with Crippen molar-refractivity contribution < 1.29 is 13.2 Å². The lowest BCUT2D eigenvalue weighted by Crippen LogP contribution is -2.49. The summed E-state index contributed by atoms with van der Waals surface area (Å²) in [5.41, 5.74) is 7.52. The Balaban J connectivity index is 1.86. The van der Waals surface area contributed by atoms with E-state index in [1.54, 1.807) is 0 Å². The van der Waals surface area contributed by atoms with Crippen molar-refractivity contribution >= 4 is 15.9 Å². The van der Waals surface area contributed by atoms with Crippen LogP contribution in [0.5, 0.6) is 0 Å². The summed E-state index contributed by atoms with van der Waals surface area (Å²) in [5, 5.41) is 2.86. The number of sulfonamides is 1. The Kier molecular flexibility index (Phi) is 9.13. The van der Waals surface area contributed by atoms with Crippen LogP contribution in [-0.4, -0.2) is 39.2 Å². The monoisotopic (exact) mass is 403 g/mol. The van der Waals surface area contributed by atoms with E-state index in [9.17, 15) is 13.2 Å². The number of nitrogens with one attached hydrogen (secondary N) is 2. The maximum Gasteiger partial charge on any atom is 0.238 e. The molecule has 2 aromatic rings. The molecule has 0 bridgehead atoms. The molecule has 7 heteroatoms. The van der Waals surface area contributed by atoms with Crippen LogP contribution in [0.25, 0.3) is 0 Å². The van der Waals surface area contributed by atoms with E-state index in [1.165, 1.54) is 5.56 Å². The van der Waals surface area contributed by atoms with Gasteiger partial charge in [-0.05, 0) is 36.8 Å². The van der Waals surface area contributed by atoms with E-state index in [2.05, 4.69) is 22.2 Å². The first-order valence-corrected chi connectivity index (χ1v) is 11.2. The lowest BCUT2D eigenvalue weighted by Gasteiger charge is -2.18. The van der Waals surface area contributed by atoms with Crippen LogP contribution in [0.4, 0.5) is 0 Å². The first kappa shape index (κ1) is 22.1. The highest BCUT2D eigenvalue weighted by Crippen LogP contribution is 2.06. The van der Waals surface area contributed by atoms with Crippen LogP contribution in [-0.2, 0) is 27.7 Å². The third-order valence-electron chi connectivity index (χ3n) is 4.34. The molecule has 0 aliphatic rings. The second kappa shape index (κ2) is 11.6. The van der Waals surface area contributed by atoms with Gasteiger partial charge < -0.3 is 11.1 Å². The number of benzene rings is 2. The first-order valence-electron chi connectivity index (χ1n) is 9.56. The van der Waals surface area contributed by atoms with Crippen molar-refractivity contribution in [1.29, 1.82) is 0 Å². The van der Waals surface area contributed by atoms with Gasteiger partial charge in [0.15, 0.2) is 0 Å². The Labute approximate surface area is 167 Å². The molecule has 0 aliphatic carbocycles. The van der Waals surface area contributed by atoms with Crippen molar-refractivity contribution in [3.63, 3.8) is 0 Å². The minimum absolute atomic E-state index is 0.00843. The zero-order valence-corrected chi connectivity index (χ0v) is 16.8. The Morgan fingerprint density at radius 1 is 0.929 bits per heavy atom. The lowest BCUT2D eigenvalue weighted by molar-refractivity contribution is -0.122. The number of amides is 1. The predicted molar refractivity (Wildman–Crippen MR) is 112 cm³/mol. The van der Waals surface area contributed by atoms with Gasteiger partial charge in [0.25, 0.3) is 0 Å². The van der Waals surface area contributed by atoms with Gasteiger partial charge in [0.1, 0.15) is 6.04 Å². The number of unbranched alkanes of at least 4 members (excludes halogenated alkanes) is 1. The van der Waals surface area contributed by atoms with Crippen LogP contribution in [0.15, 0.2) is 60.7 Å². The van der Waals surface area contributed by atoms with E-state index >= 15 is 0 Å². The van der Waals surface area contributed by atoms with Crippen molar-refractivity contribution in [3.05, 3.63) is 71.8 Å². The Morgan fingerprint density at radius 2 is 1.54 bits per heavy atom. The molecule has 152 valence electrons. The SMILES string of the molecule is NCCS(=O)(=O)N[C@@H](Cc1ccccc1)C(=O)NCCCCc1ccccc1. The fraction of sp³-hybridized carbons (Fsp3) is 0.381. The molecular weight excluding hydrogens is 374 g/mol. The molecule has 0 fully saturated rings.